The van der Waals surface area contributed by atoms with Crippen LogP contribution in [-0.2, 0) is 4.74 Å². The van der Waals surface area contributed by atoms with Crippen LogP contribution in [0.15, 0.2) is 0 Å². The van der Waals surface area contributed by atoms with Crippen LogP contribution in [0.1, 0.15) is 32.1 Å². The number of hydrogen-bond acceptors (Lipinski definition) is 3. The summed E-state index contributed by atoms with van der Waals surface area (Å²) in [6.45, 7) is 5.98. The molecule has 1 aliphatic rings. The molecule has 2 heterocycles. The highest BCUT2D eigenvalue weighted by Crippen LogP contribution is 2.19. The van der Waals surface area contributed by atoms with Gasteiger partial charge >= 0.3 is 0 Å². The van der Waals surface area contributed by atoms with Gasteiger partial charge in [0.1, 0.15) is 0 Å². The fourth-order valence-corrected chi connectivity index (χ4v) is 2.14. The van der Waals surface area contributed by atoms with Gasteiger partial charge in [0.05, 0.1) is 24.5 Å². The van der Waals surface area contributed by atoms with Crippen molar-refractivity contribution in [1.29, 1.82) is 0 Å². The van der Waals surface area contributed by atoms with Crippen molar-refractivity contribution in [1.82, 2.24) is 9.88 Å². The third-order valence-corrected chi connectivity index (χ3v) is 3.11. The second-order valence-electron chi connectivity index (χ2n) is 4.19. The fourth-order valence-electron chi connectivity index (χ4n) is 2.14. The largest absolute Gasteiger partial charge is 0.378 e. The second-order valence-corrected chi connectivity index (χ2v) is 4.19. The molecule has 1 amide bonds. The van der Waals surface area contributed by atoms with E-state index in [1.165, 1.54) is 0 Å². The van der Waals surface area contributed by atoms with Gasteiger partial charge in [-0.3, -0.25) is 9.59 Å². The Morgan fingerprint density at radius 1 is 1.35 bits per heavy atom. The number of aldehydes is 1. The summed E-state index contributed by atoms with van der Waals surface area (Å²) in [7, 11) is 0. The predicted molar refractivity (Wildman–Crippen MR) is 62.4 cm³/mol. The second kappa shape index (κ2) is 4.71. The number of aromatic amines is 1. The number of aryl methyl sites for hydroxylation is 1. The molecule has 0 aliphatic carbocycles. The lowest BCUT2D eigenvalue weighted by atomic mass is 10.1. The van der Waals surface area contributed by atoms with Crippen molar-refractivity contribution in [3.63, 3.8) is 0 Å². The van der Waals surface area contributed by atoms with Crippen LogP contribution in [0.25, 0.3) is 0 Å². The summed E-state index contributed by atoms with van der Waals surface area (Å²) >= 11 is 0. The molecule has 0 radical (unpaired) electrons. The van der Waals surface area contributed by atoms with Gasteiger partial charge in [0.25, 0.3) is 5.91 Å². The molecule has 1 saturated heterocycles. The number of carbonyl (C=O) groups excluding carboxylic acids is 2. The summed E-state index contributed by atoms with van der Waals surface area (Å²) in [6, 6.07) is 0. The van der Waals surface area contributed by atoms with Gasteiger partial charge in [0.2, 0.25) is 0 Å². The molecular formula is C12H16N2O3. The van der Waals surface area contributed by atoms with E-state index in [1.807, 2.05) is 6.92 Å². The molecule has 1 N–H and O–H groups in total. The van der Waals surface area contributed by atoms with Gasteiger partial charge in [0.15, 0.2) is 6.29 Å². The van der Waals surface area contributed by atoms with Crippen LogP contribution in [0.5, 0.6) is 0 Å². The highest BCUT2D eigenvalue weighted by Gasteiger charge is 2.24. The van der Waals surface area contributed by atoms with Gasteiger partial charge in [-0.2, -0.15) is 0 Å². The minimum absolute atomic E-state index is 0.0207. The zero-order valence-corrected chi connectivity index (χ0v) is 10.1. The topological polar surface area (TPSA) is 62.4 Å². The first kappa shape index (κ1) is 11.9. The molecule has 92 valence electrons. The number of ether oxygens (including phenoxy) is 1. The molecule has 1 fully saturated rings. The Hall–Kier alpha value is -1.62. The number of carbonyl (C=O) groups is 2. The molecule has 1 aliphatic heterocycles. The molecule has 0 atom stereocenters. The van der Waals surface area contributed by atoms with Crippen molar-refractivity contribution in [2.45, 2.75) is 13.8 Å². The number of nitrogens with zero attached hydrogens (tertiary/aromatic N) is 1. The van der Waals surface area contributed by atoms with Gasteiger partial charge < -0.3 is 14.6 Å². The van der Waals surface area contributed by atoms with E-state index in [-0.39, 0.29) is 5.91 Å². The number of amides is 1. The van der Waals surface area contributed by atoms with Crippen molar-refractivity contribution in [2.75, 3.05) is 26.3 Å². The fraction of sp³-hybridized carbons (Fsp3) is 0.500. The molecule has 2 rings (SSSR count). The highest BCUT2D eigenvalue weighted by molar-refractivity contribution is 5.99. The first-order valence-corrected chi connectivity index (χ1v) is 5.66. The van der Waals surface area contributed by atoms with Crippen molar-refractivity contribution >= 4 is 12.2 Å². The minimum Gasteiger partial charge on any atom is -0.378 e. The smallest absolute Gasteiger partial charge is 0.256 e. The SMILES string of the molecule is Cc1[nH]c(C=O)c(C)c1C(=O)N1CCOCC1. The summed E-state index contributed by atoms with van der Waals surface area (Å²) < 4.78 is 5.21. The number of H-pyrrole nitrogens is 1. The summed E-state index contributed by atoms with van der Waals surface area (Å²) in [6.07, 6.45) is 0.748. The number of hydrogen-bond donors (Lipinski definition) is 1. The predicted octanol–water partition coefficient (Wildman–Crippen LogP) is 0.916. The Labute approximate surface area is 99.8 Å². The summed E-state index contributed by atoms with van der Waals surface area (Å²) in [5, 5.41) is 0. The van der Waals surface area contributed by atoms with Crippen molar-refractivity contribution in [3.8, 4) is 0 Å². The van der Waals surface area contributed by atoms with Crippen molar-refractivity contribution in [2.24, 2.45) is 0 Å². The molecule has 0 saturated carbocycles. The first-order valence-electron chi connectivity index (χ1n) is 5.66. The van der Waals surface area contributed by atoms with Gasteiger partial charge in [-0.15, -0.1) is 0 Å². The Balaban J connectivity index is 2.29. The molecule has 5 heteroatoms. The minimum atomic E-state index is -0.0207. The summed E-state index contributed by atoms with van der Waals surface area (Å²) in [5.41, 5.74) is 2.59. The standard InChI is InChI=1S/C12H16N2O3/c1-8-10(7-15)13-9(2)11(8)12(16)14-3-5-17-6-4-14/h7,13H,3-6H2,1-2H3. The Morgan fingerprint density at radius 2 is 2.00 bits per heavy atom. The highest BCUT2D eigenvalue weighted by atomic mass is 16.5. The number of nitrogens with one attached hydrogen (secondary N) is 1. The molecule has 1 aromatic heterocycles. The molecule has 0 bridgehead atoms. The number of rotatable bonds is 2. The molecule has 17 heavy (non-hydrogen) atoms. The van der Waals surface area contributed by atoms with E-state index in [0.29, 0.717) is 37.6 Å². The van der Waals surface area contributed by atoms with Crippen LogP contribution in [-0.4, -0.2) is 48.4 Å². The zero-order valence-electron chi connectivity index (χ0n) is 10.1. The van der Waals surface area contributed by atoms with E-state index in [9.17, 15) is 9.59 Å². The van der Waals surface area contributed by atoms with E-state index < -0.39 is 0 Å². The van der Waals surface area contributed by atoms with Crippen LogP contribution in [0.4, 0.5) is 0 Å². The van der Waals surface area contributed by atoms with Crippen LogP contribution >= 0.6 is 0 Å². The lowest BCUT2D eigenvalue weighted by Gasteiger charge is -2.27. The van der Waals surface area contributed by atoms with Gasteiger partial charge in [-0.1, -0.05) is 0 Å². The van der Waals surface area contributed by atoms with Gasteiger partial charge in [-0.25, -0.2) is 0 Å². The number of aromatic nitrogens is 1. The van der Waals surface area contributed by atoms with Gasteiger partial charge in [-0.05, 0) is 19.4 Å². The molecule has 1 aromatic rings. The van der Waals surface area contributed by atoms with E-state index in [1.54, 1.807) is 11.8 Å². The van der Waals surface area contributed by atoms with E-state index in [0.717, 1.165) is 17.5 Å². The Morgan fingerprint density at radius 3 is 2.53 bits per heavy atom. The maximum Gasteiger partial charge on any atom is 0.256 e. The lowest BCUT2D eigenvalue weighted by molar-refractivity contribution is 0.0302. The van der Waals surface area contributed by atoms with Crippen molar-refractivity contribution in [3.05, 3.63) is 22.5 Å². The van der Waals surface area contributed by atoms with Crippen molar-refractivity contribution < 1.29 is 14.3 Å². The van der Waals surface area contributed by atoms with E-state index in [2.05, 4.69) is 4.98 Å². The Kier molecular flexibility index (Phi) is 3.28. The molecule has 5 nitrogen and oxygen atoms in total. The van der Waals surface area contributed by atoms with E-state index >= 15 is 0 Å². The third kappa shape index (κ3) is 2.10. The molecule has 0 aromatic carbocycles. The molecule has 0 spiro atoms. The average molecular weight is 236 g/mol. The third-order valence-electron chi connectivity index (χ3n) is 3.11. The van der Waals surface area contributed by atoms with Gasteiger partial charge in [0, 0.05) is 18.8 Å². The van der Waals surface area contributed by atoms with E-state index in [4.69, 9.17) is 4.74 Å². The normalized spacial score (nSPS) is 16.0. The molecular weight excluding hydrogens is 220 g/mol. The molecule has 0 unspecified atom stereocenters. The average Bonchev–Trinajstić information content (AvgIpc) is 2.64. The number of morpholine rings is 1. The quantitative estimate of drug-likeness (QED) is 0.776. The summed E-state index contributed by atoms with van der Waals surface area (Å²) in [4.78, 5) is 27.8. The summed E-state index contributed by atoms with van der Waals surface area (Å²) in [5.74, 6) is -0.0207. The lowest BCUT2D eigenvalue weighted by Crippen LogP contribution is -2.41. The Bertz CT molecular complexity index is 445. The van der Waals surface area contributed by atoms with Crippen LogP contribution in [0.2, 0.25) is 0 Å². The zero-order chi connectivity index (χ0) is 12.4. The van der Waals surface area contributed by atoms with Crippen LogP contribution in [0.3, 0.4) is 0 Å². The first-order chi connectivity index (χ1) is 8.15. The maximum atomic E-state index is 12.3. The monoisotopic (exact) mass is 236 g/mol. The van der Waals surface area contributed by atoms with Crippen LogP contribution in [0, 0.1) is 13.8 Å². The maximum absolute atomic E-state index is 12.3. The van der Waals surface area contributed by atoms with Crippen LogP contribution < -0.4 is 0 Å².